The number of carbonyl (C=O) groups excluding carboxylic acids is 1. The fourth-order valence-electron chi connectivity index (χ4n) is 2.46. The van der Waals surface area contributed by atoms with Gasteiger partial charge in [-0.25, -0.2) is 8.42 Å². The van der Waals surface area contributed by atoms with E-state index in [0.29, 0.717) is 18.0 Å². The Hall–Kier alpha value is -1.08. The molecule has 0 aliphatic heterocycles. The highest BCUT2D eigenvalue weighted by atomic mass is 35.7. The quantitative estimate of drug-likeness (QED) is 0.781. The highest BCUT2D eigenvalue weighted by Crippen LogP contribution is 2.39. The van der Waals surface area contributed by atoms with E-state index in [-0.39, 0.29) is 16.1 Å². The molecule has 8 heteroatoms. The van der Waals surface area contributed by atoms with Crippen LogP contribution >= 0.6 is 10.7 Å². The predicted octanol–water partition coefficient (Wildman–Crippen LogP) is 2.21. The molecule has 1 aliphatic rings. The first kappa shape index (κ1) is 16.3. The summed E-state index contributed by atoms with van der Waals surface area (Å²) in [7, 11) is 1.44. The van der Waals surface area contributed by atoms with Gasteiger partial charge in [0.15, 0.2) is 5.69 Å². The second-order valence-corrected chi connectivity index (χ2v) is 8.52. The second kappa shape index (κ2) is 5.61. The number of hydrogen-bond acceptors (Lipinski definition) is 4. The summed E-state index contributed by atoms with van der Waals surface area (Å²) in [4.78, 5) is 12.2. The zero-order valence-electron chi connectivity index (χ0n) is 12.4. The smallest absolute Gasteiger partial charge is 0.273 e. The van der Waals surface area contributed by atoms with Crippen molar-refractivity contribution in [3.63, 3.8) is 0 Å². The number of rotatable bonds is 6. The maximum Gasteiger partial charge on any atom is 0.273 e. The first-order valence-electron chi connectivity index (χ1n) is 7.01. The number of aryl methyl sites for hydroxylation is 1. The summed E-state index contributed by atoms with van der Waals surface area (Å²) in [5, 5.41) is 9.34. The van der Waals surface area contributed by atoms with Crippen LogP contribution in [-0.4, -0.2) is 30.1 Å². The van der Waals surface area contributed by atoms with Gasteiger partial charge in [-0.1, -0.05) is 13.3 Å². The summed E-state index contributed by atoms with van der Waals surface area (Å²) in [5.74, 6) is -0.0868. The van der Waals surface area contributed by atoms with Gasteiger partial charge in [-0.15, -0.1) is 0 Å². The second-order valence-electron chi connectivity index (χ2n) is 6.02. The minimum atomic E-state index is -4.03. The molecule has 118 valence electrons. The standard InChI is InChI=1S/C13H20ClN3O3S/c1-4-5-9-11(21(14,19)20)10(17-16-9)12(18)15-13(2,3)8-6-7-8/h8H,4-7H2,1-3H3,(H,15,18)(H,16,17). The maximum atomic E-state index is 12.4. The van der Waals surface area contributed by atoms with Crippen molar-refractivity contribution < 1.29 is 13.2 Å². The molecule has 6 nitrogen and oxygen atoms in total. The first-order valence-corrected chi connectivity index (χ1v) is 9.32. The molecule has 0 radical (unpaired) electrons. The maximum absolute atomic E-state index is 12.4. The van der Waals surface area contributed by atoms with Gasteiger partial charge in [-0.3, -0.25) is 9.89 Å². The van der Waals surface area contributed by atoms with Crippen LogP contribution in [0.25, 0.3) is 0 Å². The van der Waals surface area contributed by atoms with Crippen LogP contribution in [0.15, 0.2) is 4.90 Å². The molecular formula is C13H20ClN3O3S. The summed E-state index contributed by atoms with van der Waals surface area (Å²) in [6.45, 7) is 5.76. The Morgan fingerprint density at radius 3 is 2.57 bits per heavy atom. The van der Waals surface area contributed by atoms with Crippen molar-refractivity contribution >= 4 is 25.6 Å². The lowest BCUT2D eigenvalue weighted by Crippen LogP contribution is -2.45. The lowest BCUT2D eigenvalue weighted by molar-refractivity contribution is 0.0894. The zero-order chi connectivity index (χ0) is 15.8. The third kappa shape index (κ3) is 3.58. The van der Waals surface area contributed by atoms with Gasteiger partial charge in [0.1, 0.15) is 4.90 Å². The third-order valence-corrected chi connectivity index (χ3v) is 5.17. The van der Waals surface area contributed by atoms with Crippen molar-refractivity contribution in [3.05, 3.63) is 11.4 Å². The molecule has 0 atom stereocenters. The van der Waals surface area contributed by atoms with Crippen LogP contribution in [0.2, 0.25) is 0 Å². The van der Waals surface area contributed by atoms with Gasteiger partial charge < -0.3 is 5.32 Å². The van der Waals surface area contributed by atoms with E-state index in [0.717, 1.165) is 19.3 Å². The van der Waals surface area contributed by atoms with Gasteiger partial charge >= 0.3 is 0 Å². The van der Waals surface area contributed by atoms with Crippen LogP contribution in [0.3, 0.4) is 0 Å². The first-order chi connectivity index (χ1) is 9.66. The van der Waals surface area contributed by atoms with Crippen molar-refractivity contribution in [1.29, 1.82) is 0 Å². The predicted molar refractivity (Wildman–Crippen MR) is 79.9 cm³/mol. The van der Waals surface area contributed by atoms with E-state index in [1.54, 1.807) is 0 Å². The van der Waals surface area contributed by atoms with Crippen LogP contribution in [0, 0.1) is 5.92 Å². The monoisotopic (exact) mass is 333 g/mol. The zero-order valence-corrected chi connectivity index (χ0v) is 13.9. The Kier molecular flexibility index (Phi) is 4.35. The third-order valence-electron chi connectivity index (χ3n) is 3.78. The van der Waals surface area contributed by atoms with E-state index in [2.05, 4.69) is 15.5 Å². The fraction of sp³-hybridized carbons (Fsp3) is 0.692. The minimum absolute atomic E-state index is 0.151. The number of aromatic nitrogens is 2. The van der Waals surface area contributed by atoms with Crippen molar-refractivity contribution in [1.82, 2.24) is 15.5 Å². The molecule has 1 aromatic heterocycles. The molecule has 0 bridgehead atoms. The molecule has 0 spiro atoms. The van der Waals surface area contributed by atoms with Crippen molar-refractivity contribution in [2.75, 3.05) is 0 Å². The molecule has 1 amide bonds. The summed E-state index contributed by atoms with van der Waals surface area (Å²) < 4.78 is 23.5. The molecule has 1 fully saturated rings. The normalized spacial score (nSPS) is 16.0. The molecule has 1 aromatic rings. The van der Waals surface area contributed by atoms with Crippen LogP contribution in [0.4, 0.5) is 0 Å². The highest BCUT2D eigenvalue weighted by Gasteiger charge is 2.40. The van der Waals surface area contributed by atoms with E-state index in [9.17, 15) is 13.2 Å². The van der Waals surface area contributed by atoms with Crippen molar-refractivity contribution in [2.45, 2.75) is 56.9 Å². The summed E-state index contributed by atoms with van der Waals surface area (Å²) in [5.41, 5.74) is -0.155. The Morgan fingerprint density at radius 1 is 1.48 bits per heavy atom. The lowest BCUT2D eigenvalue weighted by atomic mass is 9.98. The van der Waals surface area contributed by atoms with E-state index in [1.807, 2.05) is 20.8 Å². The Morgan fingerprint density at radius 2 is 2.10 bits per heavy atom. The molecule has 1 saturated carbocycles. The average Bonchev–Trinajstić information content (AvgIpc) is 3.10. The summed E-state index contributed by atoms with van der Waals surface area (Å²) in [6.07, 6.45) is 3.31. The Balaban J connectivity index is 2.33. The molecule has 0 unspecified atom stereocenters. The van der Waals surface area contributed by atoms with Gasteiger partial charge in [0.2, 0.25) is 0 Å². The minimum Gasteiger partial charge on any atom is -0.345 e. The number of nitrogens with one attached hydrogen (secondary N) is 2. The van der Waals surface area contributed by atoms with Crippen LogP contribution in [0.5, 0.6) is 0 Å². The van der Waals surface area contributed by atoms with Gasteiger partial charge in [0.25, 0.3) is 15.0 Å². The number of amides is 1. The Bertz CT molecular complexity index is 648. The Labute approximate surface area is 129 Å². The molecule has 2 rings (SSSR count). The fourth-order valence-corrected chi connectivity index (χ4v) is 3.77. The average molecular weight is 334 g/mol. The van der Waals surface area contributed by atoms with E-state index < -0.39 is 15.0 Å². The van der Waals surface area contributed by atoms with E-state index in [4.69, 9.17) is 10.7 Å². The number of aromatic amines is 1. The largest absolute Gasteiger partial charge is 0.345 e. The highest BCUT2D eigenvalue weighted by molar-refractivity contribution is 8.13. The van der Waals surface area contributed by atoms with Gasteiger partial charge in [0.05, 0.1) is 5.69 Å². The number of H-pyrrole nitrogens is 1. The summed E-state index contributed by atoms with van der Waals surface area (Å²) in [6, 6.07) is 0. The van der Waals surface area contributed by atoms with Crippen LogP contribution in [0.1, 0.15) is 56.2 Å². The van der Waals surface area contributed by atoms with Crippen LogP contribution in [-0.2, 0) is 15.5 Å². The topological polar surface area (TPSA) is 91.9 Å². The van der Waals surface area contributed by atoms with Crippen molar-refractivity contribution in [3.8, 4) is 0 Å². The molecule has 1 aliphatic carbocycles. The van der Waals surface area contributed by atoms with Gasteiger partial charge in [-0.2, -0.15) is 5.10 Å². The van der Waals surface area contributed by atoms with Gasteiger partial charge in [0, 0.05) is 16.2 Å². The number of nitrogens with zero attached hydrogens (tertiary/aromatic N) is 1. The number of hydrogen-bond donors (Lipinski definition) is 2. The molecule has 0 aromatic carbocycles. The molecule has 1 heterocycles. The molecular weight excluding hydrogens is 314 g/mol. The molecule has 0 saturated heterocycles. The number of carbonyl (C=O) groups is 1. The lowest BCUT2D eigenvalue weighted by Gasteiger charge is -2.25. The van der Waals surface area contributed by atoms with E-state index in [1.165, 1.54) is 0 Å². The van der Waals surface area contributed by atoms with Gasteiger partial charge in [-0.05, 0) is 39.0 Å². The van der Waals surface area contributed by atoms with Crippen LogP contribution < -0.4 is 5.32 Å². The molecule has 21 heavy (non-hydrogen) atoms. The number of halogens is 1. The molecule has 2 N–H and O–H groups in total. The SMILES string of the molecule is CCCc1[nH]nc(C(=O)NC(C)(C)C2CC2)c1S(=O)(=O)Cl. The van der Waals surface area contributed by atoms with E-state index >= 15 is 0 Å². The summed E-state index contributed by atoms with van der Waals surface area (Å²) >= 11 is 0. The van der Waals surface area contributed by atoms with Crippen molar-refractivity contribution in [2.24, 2.45) is 5.92 Å².